The fourth-order valence-electron chi connectivity index (χ4n) is 3.18. The topological polar surface area (TPSA) is 89.9 Å². The smallest absolute Gasteiger partial charge is 0.333 e. The predicted octanol–water partition coefficient (Wildman–Crippen LogP) is 1.81. The first-order chi connectivity index (χ1) is 10.8. The fraction of sp³-hybridized carbons (Fsp3) is 0.588. The zero-order chi connectivity index (χ0) is 17.1. The van der Waals surface area contributed by atoms with Gasteiger partial charge in [-0.3, -0.25) is 9.59 Å². The molecule has 0 aromatic carbocycles. The molecule has 0 spiro atoms. The van der Waals surface area contributed by atoms with E-state index < -0.39 is 29.7 Å². The molecule has 0 saturated heterocycles. The van der Waals surface area contributed by atoms with Crippen molar-refractivity contribution in [3.05, 3.63) is 24.3 Å². The van der Waals surface area contributed by atoms with Crippen molar-refractivity contribution in [2.45, 2.75) is 20.3 Å². The maximum Gasteiger partial charge on any atom is 0.333 e. The van der Waals surface area contributed by atoms with E-state index in [9.17, 15) is 19.5 Å². The molecule has 1 fully saturated rings. The minimum atomic E-state index is -0.969. The first-order valence-corrected chi connectivity index (χ1v) is 7.76. The van der Waals surface area contributed by atoms with E-state index in [-0.39, 0.29) is 31.0 Å². The molecule has 0 aromatic heterocycles. The van der Waals surface area contributed by atoms with Crippen LogP contribution in [-0.4, -0.2) is 36.2 Å². The highest BCUT2D eigenvalue weighted by molar-refractivity contribution is 5.88. The summed E-state index contributed by atoms with van der Waals surface area (Å²) in [7, 11) is 0. The Morgan fingerprint density at radius 2 is 1.70 bits per heavy atom. The van der Waals surface area contributed by atoms with Gasteiger partial charge in [0.05, 0.1) is 11.8 Å². The van der Waals surface area contributed by atoms with Crippen molar-refractivity contribution in [1.29, 1.82) is 0 Å². The number of hydrogen-bond donors (Lipinski definition) is 1. The van der Waals surface area contributed by atoms with Crippen LogP contribution in [0.15, 0.2) is 24.3 Å². The summed E-state index contributed by atoms with van der Waals surface area (Å²) in [5, 5.41) is 9.29. The van der Waals surface area contributed by atoms with Gasteiger partial charge in [0.15, 0.2) is 0 Å². The van der Waals surface area contributed by atoms with E-state index in [0.717, 1.165) is 0 Å². The van der Waals surface area contributed by atoms with E-state index in [1.54, 1.807) is 0 Å². The van der Waals surface area contributed by atoms with Gasteiger partial charge in [-0.15, -0.1) is 0 Å². The third kappa shape index (κ3) is 3.63. The van der Waals surface area contributed by atoms with Crippen molar-refractivity contribution < 1.29 is 29.0 Å². The number of carboxylic acids is 1. The van der Waals surface area contributed by atoms with Gasteiger partial charge in [0, 0.05) is 5.57 Å². The number of rotatable bonds is 7. The number of carboxylic acid groups (broad SMARTS) is 1. The van der Waals surface area contributed by atoms with Gasteiger partial charge in [-0.25, -0.2) is 4.79 Å². The lowest BCUT2D eigenvalue weighted by molar-refractivity contribution is -0.160. The Morgan fingerprint density at radius 1 is 1.13 bits per heavy atom. The summed E-state index contributed by atoms with van der Waals surface area (Å²) < 4.78 is 10.1. The maximum atomic E-state index is 12.2. The number of carbonyl (C=O) groups is 3. The molecule has 6 heteroatoms. The van der Waals surface area contributed by atoms with E-state index in [1.807, 2.05) is 26.0 Å². The number of aliphatic carboxylic acids is 1. The minimum absolute atomic E-state index is 0.0119. The van der Waals surface area contributed by atoms with Gasteiger partial charge >= 0.3 is 17.9 Å². The highest BCUT2D eigenvalue weighted by Crippen LogP contribution is 2.48. The molecule has 4 atom stereocenters. The van der Waals surface area contributed by atoms with E-state index in [0.29, 0.717) is 12.0 Å². The van der Waals surface area contributed by atoms with Crippen LogP contribution < -0.4 is 0 Å². The number of ether oxygens (including phenoxy) is 2. The average Bonchev–Trinajstić information content (AvgIpc) is 3.10. The van der Waals surface area contributed by atoms with E-state index in [4.69, 9.17) is 9.47 Å². The standard InChI is InChI=1S/C17H22O6/c1-9(2)10(3)16(20)22-6-7-23-17(21)14-12-5-4-11(8-12)13(14)15(18)19/h4-5,9,11-14H,3,6-8H2,1-2H3,(H,18,19). The lowest BCUT2D eigenvalue weighted by atomic mass is 9.83. The van der Waals surface area contributed by atoms with Gasteiger partial charge in [-0.1, -0.05) is 32.6 Å². The van der Waals surface area contributed by atoms with Gasteiger partial charge in [0.25, 0.3) is 0 Å². The van der Waals surface area contributed by atoms with Gasteiger partial charge in [-0.2, -0.15) is 0 Å². The highest BCUT2D eigenvalue weighted by atomic mass is 16.6. The first-order valence-electron chi connectivity index (χ1n) is 7.76. The summed E-state index contributed by atoms with van der Waals surface area (Å²) >= 11 is 0. The van der Waals surface area contributed by atoms with Crippen molar-refractivity contribution in [1.82, 2.24) is 0 Å². The summed E-state index contributed by atoms with van der Waals surface area (Å²) in [4.78, 5) is 35.1. The Hall–Kier alpha value is -2.11. The van der Waals surface area contributed by atoms with E-state index in [1.165, 1.54) is 0 Å². The lowest BCUT2D eigenvalue weighted by Gasteiger charge is -2.23. The first kappa shape index (κ1) is 17.2. The van der Waals surface area contributed by atoms with Crippen molar-refractivity contribution >= 4 is 17.9 Å². The van der Waals surface area contributed by atoms with Crippen LogP contribution in [-0.2, 0) is 23.9 Å². The van der Waals surface area contributed by atoms with Gasteiger partial charge in [-0.05, 0) is 24.2 Å². The normalized spacial score (nSPS) is 28.0. The van der Waals surface area contributed by atoms with Gasteiger partial charge in [0.1, 0.15) is 13.2 Å². The predicted molar refractivity (Wildman–Crippen MR) is 81.2 cm³/mol. The molecule has 2 bridgehead atoms. The molecule has 2 aliphatic carbocycles. The molecule has 2 aliphatic rings. The SMILES string of the molecule is C=C(C(=O)OCCOC(=O)C1C2C=CC(C2)C1C(=O)O)C(C)C. The third-order valence-electron chi connectivity index (χ3n) is 4.54. The molecule has 0 aromatic rings. The van der Waals surface area contributed by atoms with Crippen molar-refractivity contribution in [2.75, 3.05) is 13.2 Å². The van der Waals surface area contributed by atoms with Crippen LogP contribution in [0, 0.1) is 29.6 Å². The molecule has 1 saturated carbocycles. The molecular weight excluding hydrogens is 300 g/mol. The molecule has 2 rings (SSSR count). The number of carbonyl (C=O) groups excluding carboxylic acids is 2. The Bertz CT molecular complexity index is 547. The summed E-state index contributed by atoms with van der Waals surface area (Å²) in [5.41, 5.74) is 0.362. The number of allylic oxidation sites excluding steroid dienone is 2. The van der Waals surface area contributed by atoms with Crippen LogP contribution in [0.5, 0.6) is 0 Å². The molecule has 0 radical (unpaired) electrons. The summed E-state index contributed by atoms with van der Waals surface area (Å²) in [5.74, 6) is -3.57. The summed E-state index contributed by atoms with van der Waals surface area (Å²) in [6.07, 6.45) is 4.44. The molecule has 4 unspecified atom stereocenters. The van der Waals surface area contributed by atoms with Crippen molar-refractivity contribution in [3.63, 3.8) is 0 Å². The molecular formula is C17H22O6. The third-order valence-corrected chi connectivity index (χ3v) is 4.54. The lowest BCUT2D eigenvalue weighted by Crippen LogP contribution is -2.34. The maximum absolute atomic E-state index is 12.2. The average molecular weight is 322 g/mol. The van der Waals surface area contributed by atoms with E-state index in [2.05, 4.69) is 6.58 Å². The summed E-state index contributed by atoms with van der Waals surface area (Å²) in [6.45, 7) is 7.15. The second-order valence-corrected chi connectivity index (χ2v) is 6.32. The molecule has 0 heterocycles. The van der Waals surface area contributed by atoms with Crippen LogP contribution in [0.1, 0.15) is 20.3 Å². The Labute approximate surface area is 135 Å². The fourth-order valence-corrected chi connectivity index (χ4v) is 3.18. The van der Waals surface area contributed by atoms with Crippen LogP contribution in [0.2, 0.25) is 0 Å². The van der Waals surface area contributed by atoms with Crippen LogP contribution in [0.25, 0.3) is 0 Å². The zero-order valence-electron chi connectivity index (χ0n) is 13.4. The molecule has 0 aliphatic heterocycles. The number of hydrogen-bond acceptors (Lipinski definition) is 5. The van der Waals surface area contributed by atoms with Crippen molar-refractivity contribution in [3.8, 4) is 0 Å². The molecule has 1 N–H and O–H groups in total. The van der Waals surface area contributed by atoms with Gasteiger partial charge in [0.2, 0.25) is 0 Å². The minimum Gasteiger partial charge on any atom is -0.481 e. The largest absolute Gasteiger partial charge is 0.481 e. The van der Waals surface area contributed by atoms with Crippen molar-refractivity contribution in [2.24, 2.45) is 29.6 Å². The Kier molecular flexibility index (Phi) is 5.23. The van der Waals surface area contributed by atoms with E-state index >= 15 is 0 Å². The van der Waals surface area contributed by atoms with Crippen LogP contribution in [0.4, 0.5) is 0 Å². The Morgan fingerprint density at radius 3 is 2.26 bits per heavy atom. The molecule has 6 nitrogen and oxygen atoms in total. The molecule has 23 heavy (non-hydrogen) atoms. The second-order valence-electron chi connectivity index (χ2n) is 6.32. The summed E-state index contributed by atoms with van der Waals surface area (Å²) in [6, 6.07) is 0. The quantitative estimate of drug-likeness (QED) is 0.333. The van der Waals surface area contributed by atoms with Crippen LogP contribution in [0.3, 0.4) is 0 Å². The number of esters is 2. The number of fused-ring (bicyclic) bond motifs is 2. The monoisotopic (exact) mass is 322 g/mol. The molecule has 0 amide bonds. The Balaban J connectivity index is 1.79. The van der Waals surface area contributed by atoms with Crippen LogP contribution >= 0.6 is 0 Å². The molecule has 126 valence electrons. The highest BCUT2D eigenvalue weighted by Gasteiger charge is 2.52. The van der Waals surface area contributed by atoms with Gasteiger partial charge < -0.3 is 14.6 Å². The second kappa shape index (κ2) is 6.98. The zero-order valence-corrected chi connectivity index (χ0v) is 13.4.